The van der Waals surface area contributed by atoms with Crippen molar-refractivity contribution in [3.63, 3.8) is 0 Å². The third-order valence-corrected chi connectivity index (χ3v) is 1.13. The predicted octanol–water partition coefficient (Wildman–Crippen LogP) is -0.327. The number of aromatic nitrogens is 2. The maximum atomic E-state index is 8.89. The molecule has 0 amide bonds. The maximum absolute atomic E-state index is 8.89. The molecule has 0 aliphatic carbocycles. The average Bonchev–Trinajstić information content (AvgIpc) is 2.42. The molecule has 2 aromatic heterocycles. The Hall–Kier alpha value is -2.24. The summed E-state index contributed by atoms with van der Waals surface area (Å²) < 4.78 is 0. The minimum Gasteiger partial charge on any atom is -0.550 e. The normalized spacial score (nSPS) is 6.95. The first-order chi connectivity index (χ1) is 9.46. The van der Waals surface area contributed by atoms with Crippen molar-refractivity contribution in [1.82, 2.24) is 9.97 Å². The molecule has 0 aliphatic heterocycles. The van der Waals surface area contributed by atoms with Gasteiger partial charge in [-0.1, -0.05) is 12.1 Å². The van der Waals surface area contributed by atoms with Gasteiger partial charge in [-0.2, -0.15) is 0 Å². The van der Waals surface area contributed by atoms with Crippen LogP contribution in [0.3, 0.4) is 0 Å². The van der Waals surface area contributed by atoms with E-state index in [1.165, 1.54) is 0 Å². The van der Waals surface area contributed by atoms with E-state index in [4.69, 9.17) is 19.8 Å². The Labute approximate surface area is 134 Å². The van der Waals surface area contributed by atoms with Crippen molar-refractivity contribution in [2.24, 2.45) is 0 Å². The summed E-state index contributed by atoms with van der Waals surface area (Å²) in [6.07, 6.45) is 7.00. The van der Waals surface area contributed by atoms with Crippen LogP contribution in [-0.4, -0.2) is 21.9 Å². The molecular formula is C14H16MnN2O4. The summed E-state index contributed by atoms with van der Waals surface area (Å²) in [6, 6.07) is 11.4. The number of carbonyl (C=O) groups excluding carboxylic acids is 2. The molecule has 1 radical (unpaired) electrons. The Balaban J connectivity index is -0.000000208. The zero-order valence-corrected chi connectivity index (χ0v) is 12.9. The summed E-state index contributed by atoms with van der Waals surface area (Å²) in [5.74, 6) is -2.17. The van der Waals surface area contributed by atoms with E-state index < -0.39 is 11.9 Å². The van der Waals surface area contributed by atoms with Crippen LogP contribution in [0.5, 0.6) is 0 Å². The van der Waals surface area contributed by atoms with Gasteiger partial charge in [-0.3, -0.25) is 9.97 Å². The summed E-state index contributed by atoms with van der Waals surface area (Å²) in [4.78, 5) is 25.3. The molecule has 2 aromatic rings. The van der Waals surface area contributed by atoms with Crippen LogP contribution in [0.2, 0.25) is 0 Å². The van der Waals surface area contributed by atoms with E-state index >= 15 is 0 Å². The molecule has 0 spiro atoms. The van der Waals surface area contributed by atoms with Crippen LogP contribution in [0.1, 0.15) is 13.8 Å². The van der Waals surface area contributed by atoms with Crippen molar-refractivity contribution in [3.8, 4) is 0 Å². The zero-order chi connectivity index (χ0) is 15.6. The second kappa shape index (κ2) is 20.1. The predicted molar refractivity (Wildman–Crippen MR) is 69.8 cm³/mol. The number of pyridine rings is 2. The second-order valence-electron chi connectivity index (χ2n) is 3.03. The number of carboxylic acids is 2. The van der Waals surface area contributed by atoms with Gasteiger partial charge in [0.1, 0.15) is 0 Å². The number of hydrogen-bond donors (Lipinski definition) is 0. The first-order valence-corrected chi connectivity index (χ1v) is 5.52. The fourth-order valence-corrected chi connectivity index (χ4v) is 0.625. The summed E-state index contributed by atoms with van der Waals surface area (Å²) in [5.41, 5.74) is 0. The molecule has 0 saturated heterocycles. The molecule has 0 aromatic carbocycles. The second-order valence-corrected chi connectivity index (χ2v) is 3.03. The Bertz CT molecular complexity index is 336. The fraction of sp³-hybridized carbons (Fsp3) is 0.143. The average molecular weight is 331 g/mol. The number of carboxylic acid groups (broad SMARTS) is 2. The van der Waals surface area contributed by atoms with Crippen LogP contribution < -0.4 is 10.2 Å². The van der Waals surface area contributed by atoms with E-state index in [0.29, 0.717) is 0 Å². The van der Waals surface area contributed by atoms with Gasteiger partial charge in [0.2, 0.25) is 0 Å². The maximum Gasteiger partial charge on any atom is 2.00 e. The number of rotatable bonds is 0. The van der Waals surface area contributed by atoms with E-state index in [1.54, 1.807) is 24.8 Å². The number of carbonyl (C=O) groups is 2. The molecular weight excluding hydrogens is 315 g/mol. The summed E-state index contributed by atoms with van der Waals surface area (Å²) in [6.45, 7) is 1.94. The molecule has 2 heterocycles. The molecule has 0 unspecified atom stereocenters. The Morgan fingerprint density at radius 2 is 0.857 bits per heavy atom. The van der Waals surface area contributed by atoms with E-state index in [1.807, 2.05) is 36.4 Å². The van der Waals surface area contributed by atoms with Gasteiger partial charge >= 0.3 is 17.1 Å². The van der Waals surface area contributed by atoms with Crippen molar-refractivity contribution in [2.45, 2.75) is 13.8 Å². The van der Waals surface area contributed by atoms with Crippen LogP contribution in [0, 0.1) is 0 Å². The monoisotopic (exact) mass is 331 g/mol. The molecule has 7 heteroatoms. The summed E-state index contributed by atoms with van der Waals surface area (Å²) in [5, 5.41) is 17.8. The van der Waals surface area contributed by atoms with Crippen molar-refractivity contribution in [1.29, 1.82) is 0 Å². The van der Waals surface area contributed by atoms with Crippen LogP contribution in [0.15, 0.2) is 61.2 Å². The standard InChI is InChI=1S/2C5H5N.2C2H4O2.Mn/c2*1-2-4-6-5-3-1;2*1-2(3)4;/h2*1-5H;2*1H3,(H,3,4);/q;;;;+2/p-2. The van der Waals surface area contributed by atoms with Crippen molar-refractivity contribution in [3.05, 3.63) is 61.2 Å². The molecule has 2 rings (SSSR count). The first kappa shape index (κ1) is 23.8. The topological polar surface area (TPSA) is 106 Å². The van der Waals surface area contributed by atoms with Crippen LogP contribution >= 0.6 is 0 Å². The van der Waals surface area contributed by atoms with E-state index in [2.05, 4.69) is 9.97 Å². The van der Waals surface area contributed by atoms with Gasteiger partial charge in [-0.05, 0) is 38.1 Å². The van der Waals surface area contributed by atoms with Crippen LogP contribution in [0.25, 0.3) is 0 Å². The fourth-order valence-electron chi connectivity index (χ4n) is 0.625. The Kier molecular flexibility index (Phi) is 22.8. The van der Waals surface area contributed by atoms with E-state index in [0.717, 1.165) is 13.8 Å². The largest absolute Gasteiger partial charge is 2.00 e. The molecule has 0 bridgehead atoms. The third-order valence-electron chi connectivity index (χ3n) is 1.13. The smallest absolute Gasteiger partial charge is 0.550 e. The van der Waals surface area contributed by atoms with Gasteiger partial charge in [0.05, 0.1) is 0 Å². The Morgan fingerprint density at radius 1 is 0.667 bits per heavy atom. The van der Waals surface area contributed by atoms with Gasteiger partial charge in [0.15, 0.2) is 0 Å². The van der Waals surface area contributed by atoms with Crippen molar-refractivity contribution < 1.29 is 36.9 Å². The first-order valence-electron chi connectivity index (χ1n) is 5.52. The van der Waals surface area contributed by atoms with Crippen LogP contribution in [0.4, 0.5) is 0 Å². The molecule has 0 atom stereocenters. The third kappa shape index (κ3) is 46.3. The van der Waals surface area contributed by atoms with E-state index in [-0.39, 0.29) is 17.1 Å². The molecule has 0 saturated carbocycles. The Morgan fingerprint density at radius 3 is 0.905 bits per heavy atom. The molecule has 6 nitrogen and oxygen atoms in total. The summed E-state index contributed by atoms with van der Waals surface area (Å²) in [7, 11) is 0. The molecule has 0 fully saturated rings. The van der Waals surface area contributed by atoms with E-state index in [9.17, 15) is 0 Å². The van der Waals surface area contributed by atoms with Gasteiger partial charge in [0.25, 0.3) is 0 Å². The van der Waals surface area contributed by atoms with Gasteiger partial charge < -0.3 is 19.8 Å². The minimum absolute atomic E-state index is 0. The number of hydrogen-bond acceptors (Lipinski definition) is 6. The van der Waals surface area contributed by atoms with Gasteiger partial charge in [-0.15, -0.1) is 0 Å². The number of aliphatic carboxylic acids is 2. The summed E-state index contributed by atoms with van der Waals surface area (Å²) >= 11 is 0. The van der Waals surface area contributed by atoms with Crippen molar-refractivity contribution >= 4 is 11.9 Å². The molecule has 21 heavy (non-hydrogen) atoms. The number of nitrogens with zero attached hydrogens (tertiary/aromatic N) is 2. The zero-order valence-electron chi connectivity index (χ0n) is 11.7. The molecule has 0 aliphatic rings. The molecule has 113 valence electrons. The van der Waals surface area contributed by atoms with Crippen LogP contribution in [-0.2, 0) is 26.7 Å². The minimum atomic E-state index is -1.08. The van der Waals surface area contributed by atoms with Gasteiger partial charge in [0, 0.05) is 36.7 Å². The molecule has 0 N–H and O–H groups in total. The van der Waals surface area contributed by atoms with Gasteiger partial charge in [-0.25, -0.2) is 0 Å². The van der Waals surface area contributed by atoms with Crippen molar-refractivity contribution in [2.75, 3.05) is 0 Å². The quantitative estimate of drug-likeness (QED) is 0.612. The SMILES string of the molecule is CC(=O)[O-].CC(=O)[O-].[Mn+2].c1ccncc1.c1ccncc1.